The minimum absolute atomic E-state index is 0.105. The van der Waals surface area contributed by atoms with Crippen LogP contribution in [0.1, 0.15) is 47.2 Å². The van der Waals surface area contributed by atoms with Gasteiger partial charge < -0.3 is 18.9 Å². The summed E-state index contributed by atoms with van der Waals surface area (Å²) in [6.07, 6.45) is 3.56. The Morgan fingerprint density at radius 2 is 1.67 bits per heavy atom. The molecule has 7 rings (SSSR count). The molecule has 1 atom stereocenters. The molecule has 1 aliphatic carbocycles. The van der Waals surface area contributed by atoms with E-state index in [1.165, 1.54) is 16.9 Å². The van der Waals surface area contributed by atoms with Gasteiger partial charge >= 0.3 is 0 Å². The molecule has 1 unspecified atom stereocenters. The van der Waals surface area contributed by atoms with Crippen LogP contribution in [-0.4, -0.2) is 25.4 Å². The summed E-state index contributed by atoms with van der Waals surface area (Å²) < 4.78 is 25.9. The third-order valence-electron chi connectivity index (χ3n) is 8.41. The molecule has 0 saturated heterocycles. The molecule has 0 bridgehead atoms. The summed E-state index contributed by atoms with van der Waals surface area (Å²) >= 11 is 1.39. The van der Waals surface area contributed by atoms with E-state index in [2.05, 4.69) is 18.2 Å². The first-order valence-corrected chi connectivity index (χ1v) is 16.2. The number of aryl methyl sites for hydroxylation is 1. The van der Waals surface area contributed by atoms with E-state index in [0.29, 0.717) is 45.5 Å². The van der Waals surface area contributed by atoms with Gasteiger partial charge in [0.25, 0.3) is 5.56 Å². The number of benzene rings is 4. The molecule has 0 fully saturated rings. The Kier molecular flexibility index (Phi) is 8.20. The van der Waals surface area contributed by atoms with Gasteiger partial charge in [-0.15, -0.1) is 0 Å². The van der Waals surface area contributed by atoms with Gasteiger partial charge in [-0.05, 0) is 78.4 Å². The second-order valence-corrected chi connectivity index (χ2v) is 12.1. The number of thiazole rings is 1. The predicted octanol–water partition coefficient (Wildman–Crippen LogP) is 6.31. The Labute approximate surface area is 271 Å². The highest BCUT2D eigenvalue weighted by molar-refractivity contribution is 7.07. The molecule has 2 aliphatic rings. The zero-order valence-corrected chi connectivity index (χ0v) is 26.8. The molecule has 1 aromatic heterocycles. The van der Waals surface area contributed by atoms with Crippen LogP contribution in [0, 0.1) is 0 Å². The quantitative estimate of drug-likeness (QED) is 0.191. The average molecular weight is 631 g/mol. The van der Waals surface area contributed by atoms with Gasteiger partial charge in [0.1, 0.15) is 18.1 Å². The summed E-state index contributed by atoms with van der Waals surface area (Å²) in [4.78, 5) is 20.1. The van der Waals surface area contributed by atoms with Gasteiger partial charge in [0.15, 0.2) is 16.3 Å². The van der Waals surface area contributed by atoms with E-state index in [-0.39, 0.29) is 11.6 Å². The standard InChI is InChI=1S/C38H34N2O5S/c1-4-44-33-20-25(14-18-32(33)45-23-24-10-6-5-7-11-24)21-34-37(41)40-36(30-22-27(42-2)16-19-31(30)43-3)29-17-15-26-12-8-9-13-28(26)35(29)39-38(40)46-34/h5-14,16,18-22,36H,4,15,17,23H2,1-3H3/b34-21+. The van der Waals surface area contributed by atoms with E-state index >= 15 is 0 Å². The lowest BCUT2D eigenvalue weighted by Gasteiger charge is -2.31. The van der Waals surface area contributed by atoms with Crippen molar-refractivity contribution in [3.8, 4) is 23.0 Å². The number of allylic oxidation sites excluding steroid dienone is 1. The molecule has 46 heavy (non-hydrogen) atoms. The van der Waals surface area contributed by atoms with Crippen LogP contribution in [0.3, 0.4) is 0 Å². The minimum atomic E-state index is -0.389. The highest BCUT2D eigenvalue weighted by atomic mass is 32.1. The van der Waals surface area contributed by atoms with Gasteiger partial charge in [-0.25, -0.2) is 4.99 Å². The first kappa shape index (κ1) is 29.6. The van der Waals surface area contributed by atoms with Crippen LogP contribution in [0.2, 0.25) is 0 Å². The predicted molar refractivity (Wildman–Crippen MR) is 181 cm³/mol. The first-order valence-electron chi connectivity index (χ1n) is 15.4. The lowest BCUT2D eigenvalue weighted by atomic mass is 9.83. The summed E-state index contributed by atoms with van der Waals surface area (Å²) in [6, 6.07) is 29.5. The maximum atomic E-state index is 14.3. The molecule has 2 heterocycles. The summed E-state index contributed by atoms with van der Waals surface area (Å²) in [6.45, 7) is 2.86. The molecule has 0 spiro atoms. The van der Waals surface area contributed by atoms with Crippen molar-refractivity contribution in [2.75, 3.05) is 20.8 Å². The molecule has 232 valence electrons. The number of ether oxygens (including phenoxy) is 4. The summed E-state index contributed by atoms with van der Waals surface area (Å²) in [5.41, 5.74) is 7.08. The molecule has 5 aromatic rings. The highest BCUT2D eigenvalue weighted by Gasteiger charge is 2.34. The molecular weight excluding hydrogens is 596 g/mol. The Morgan fingerprint density at radius 1 is 0.870 bits per heavy atom. The van der Waals surface area contributed by atoms with Crippen molar-refractivity contribution in [3.63, 3.8) is 0 Å². The van der Waals surface area contributed by atoms with Crippen molar-refractivity contribution in [1.82, 2.24) is 4.57 Å². The molecule has 8 heteroatoms. The lowest BCUT2D eigenvalue weighted by molar-refractivity contribution is 0.269. The molecule has 7 nitrogen and oxygen atoms in total. The zero-order valence-electron chi connectivity index (χ0n) is 26.0. The van der Waals surface area contributed by atoms with Crippen molar-refractivity contribution >= 4 is 23.1 Å². The first-order chi connectivity index (χ1) is 22.6. The van der Waals surface area contributed by atoms with Gasteiger partial charge in [0.2, 0.25) is 0 Å². The molecule has 0 amide bonds. The molecule has 1 aliphatic heterocycles. The van der Waals surface area contributed by atoms with Gasteiger partial charge in [-0.3, -0.25) is 9.36 Å². The van der Waals surface area contributed by atoms with E-state index in [4.69, 9.17) is 23.9 Å². The maximum Gasteiger partial charge on any atom is 0.271 e. The number of fused-ring (bicyclic) bond motifs is 3. The summed E-state index contributed by atoms with van der Waals surface area (Å²) in [5, 5.41) is 0. The Morgan fingerprint density at radius 3 is 2.48 bits per heavy atom. The Hall–Kier alpha value is -5.08. The highest BCUT2D eigenvalue weighted by Crippen LogP contribution is 2.44. The molecule has 0 radical (unpaired) electrons. The van der Waals surface area contributed by atoms with Crippen molar-refractivity contribution < 1.29 is 18.9 Å². The van der Waals surface area contributed by atoms with Gasteiger partial charge in [-0.2, -0.15) is 0 Å². The average Bonchev–Trinajstić information content (AvgIpc) is 3.40. The number of hydrogen-bond acceptors (Lipinski definition) is 7. The fraction of sp³-hybridized carbons (Fsp3) is 0.211. The van der Waals surface area contributed by atoms with Crippen LogP contribution < -0.4 is 33.8 Å². The molecular formula is C38H34N2O5S. The second-order valence-electron chi connectivity index (χ2n) is 11.1. The van der Waals surface area contributed by atoms with Crippen LogP contribution in [0.4, 0.5) is 0 Å². The zero-order chi connectivity index (χ0) is 31.6. The van der Waals surface area contributed by atoms with Gasteiger partial charge in [0.05, 0.1) is 37.1 Å². The summed E-state index contributed by atoms with van der Waals surface area (Å²) in [5.74, 6) is 2.68. The number of aromatic nitrogens is 1. The lowest BCUT2D eigenvalue weighted by Crippen LogP contribution is -2.39. The monoisotopic (exact) mass is 630 g/mol. The number of rotatable bonds is 9. The number of nitrogens with zero attached hydrogens (tertiary/aromatic N) is 2. The summed E-state index contributed by atoms with van der Waals surface area (Å²) in [7, 11) is 3.30. The van der Waals surface area contributed by atoms with Crippen LogP contribution in [-0.2, 0) is 13.0 Å². The maximum absolute atomic E-state index is 14.3. The largest absolute Gasteiger partial charge is 0.497 e. The van der Waals surface area contributed by atoms with E-state index in [9.17, 15) is 4.79 Å². The van der Waals surface area contributed by atoms with Crippen LogP contribution in [0.15, 0.2) is 106 Å². The van der Waals surface area contributed by atoms with Crippen LogP contribution in [0.25, 0.3) is 11.8 Å². The smallest absolute Gasteiger partial charge is 0.271 e. The normalized spacial score (nSPS) is 15.4. The van der Waals surface area contributed by atoms with Crippen LogP contribution >= 0.6 is 11.3 Å². The van der Waals surface area contributed by atoms with E-state index in [0.717, 1.165) is 46.4 Å². The number of hydrogen-bond donors (Lipinski definition) is 0. The van der Waals surface area contributed by atoms with Gasteiger partial charge in [-0.1, -0.05) is 72.0 Å². The van der Waals surface area contributed by atoms with Crippen molar-refractivity contribution in [2.24, 2.45) is 4.99 Å². The van der Waals surface area contributed by atoms with Crippen molar-refractivity contribution in [2.45, 2.75) is 32.4 Å². The molecule has 0 saturated carbocycles. The fourth-order valence-electron chi connectivity index (χ4n) is 6.24. The Balaban J connectivity index is 1.36. The third kappa shape index (κ3) is 5.49. The van der Waals surface area contributed by atoms with E-state index < -0.39 is 0 Å². The van der Waals surface area contributed by atoms with Gasteiger partial charge in [0, 0.05) is 11.1 Å². The topological polar surface area (TPSA) is 71.3 Å². The van der Waals surface area contributed by atoms with E-state index in [1.54, 1.807) is 14.2 Å². The van der Waals surface area contributed by atoms with Crippen molar-refractivity contribution in [1.29, 1.82) is 0 Å². The number of methoxy groups -OCH3 is 2. The van der Waals surface area contributed by atoms with Crippen molar-refractivity contribution in [3.05, 3.63) is 144 Å². The molecule has 0 N–H and O–H groups in total. The third-order valence-corrected chi connectivity index (χ3v) is 9.39. The Bertz CT molecular complexity index is 2130. The minimum Gasteiger partial charge on any atom is -0.497 e. The second kappa shape index (κ2) is 12.7. The fourth-order valence-corrected chi connectivity index (χ4v) is 7.24. The van der Waals surface area contributed by atoms with E-state index in [1.807, 2.05) is 90.4 Å². The van der Waals surface area contributed by atoms with Crippen LogP contribution in [0.5, 0.6) is 23.0 Å². The molecule has 4 aromatic carbocycles. The SMILES string of the molecule is CCOc1cc(/C=c2/sc3n(c2=O)C(c2cc(OC)ccc2OC)C2=C(N=3)c3ccccc3CC2)ccc1OCc1ccccc1.